The van der Waals surface area contributed by atoms with Crippen LogP contribution in [0.25, 0.3) is 0 Å². The molecular weight excluding hydrogens is 354 g/mol. The molecule has 0 aliphatic heterocycles. The minimum atomic E-state index is -2.72. The second kappa shape index (κ2) is 8.04. The Morgan fingerprint density at radius 3 is 2.52 bits per heavy atom. The number of nitrogens with zero attached hydrogens (tertiary/aromatic N) is 2. The summed E-state index contributed by atoms with van der Waals surface area (Å²) < 4.78 is 29.2. The summed E-state index contributed by atoms with van der Waals surface area (Å²) in [6, 6.07) is 0.103. The molecule has 0 radical (unpaired) electrons. The topological polar surface area (TPSA) is 90.1 Å². The number of aromatic nitrogens is 2. The monoisotopic (exact) mass is 382 g/mol. The van der Waals surface area contributed by atoms with E-state index in [2.05, 4.69) is 33.9 Å². The molecule has 1 heterocycles. The number of ether oxygens (including phenoxy) is 1. The maximum absolute atomic E-state index is 12.3. The average molecular weight is 382 g/mol. The van der Waals surface area contributed by atoms with E-state index in [-0.39, 0.29) is 11.5 Å². The van der Waals surface area contributed by atoms with E-state index in [1.165, 1.54) is 19.0 Å². The molecular formula is C19H28F2N4O2. The highest BCUT2D eigenvalue weighted by Gasteiger charge is 2.38. The number of alkyl halides is 2. The van der Waals surface area contributed by atoms with Gasteiger partial charge in [-0.3, -0.25) is 4.79 Å². The van der Waals surface area contributed by atoms with Gasteiger partial charge in [0.15, 0.2) is 0 Å². The fourth-order valence-corrected chi connectivity index (χ4v) is 3.94. The first-order chi connectivity index (χ1) is 12.7. The Balaban J connectivity index is 1.66. The normalized spacial score (nSPS) is 23.4. The van der Waals surface area contributed by atoms with Crippen molar-refractivity contribution in [1.29, 1.82) is 0 Å². The van der Waals surface area contributed by atoms with E-state index >= 15 is 0 Å². The Morgan fingerprint density at radius 1 is 1.30 bits per heavy atom. The fraction of sp³-hybridized carbons (Fsp3) is 0.737. The molecule has 0 bridgehead atoms. The Morgan fingerprint density at radius 2 is 1.96 bits per heavy atom. The second-order valence-electron chi connectivity index (χ2n) is 8.37. The van der Waals surface area contributed by atoms with Gasteiger partial charge in [-0.05, 0) is 56.3 Å². The smallest absolute Gasteiger partial charge is 0.345 e. The van der Waals surface area contributed by atoms with E-state index < -0.39 is 18.6 Å². The van der Waals surface area contributed by atoms with E-state index in [0.717, 1.165) is 0 Å². The molecule has 150 valence electrons. The summed E-state index contributed by atoms with van der Waals surface area (Å²) in [4.78, 5) is 20.6. The number of nitrogens with two attached hydrogens (primary N) is 1. The summed E-state index contributed by atoms with van der Waals surface area (Å²) in [5.74, 6) is 0.586. The fourth-order valence-electron chi connectivity index (χ4n) is 3.94. The van der Waals surface area contributed by atoms with Crippen LogP contribution in [-0.4, -0.2) is 34.6 Å². The average Bonchev–Trinajstić information content (AvgIpc) is 3.41. The van der Waals surface area contributed by atoms with Crippen LogP contribution in [0.2, 0.25) is 0 Å². The summed E-state index contributed by atoms with van der Waals surface area (Å²) in [5.41, 5.74) is 6.59. The highest BCUT2D eigenvalue weighted by Crippen LogP contribution is 2.47. The first kappa shape index (κ1) is 19.9. The van der Waals surface area contributed by atoms with Crippen molar-refractivity contribution in [3.63, 3.8) is 0 Å². The van der Waals surface area contributed by atoms with Gasteiger partial charge in [-0.2, -0.15) is 8.78 Å². The van der Waals surface area contributed by atoms with E-state index in [1.54, 1.807) is 0 Å². The number of nitrogens with one attached hydrogen (secondary N) is 1. The maximum Gasteiger partial charge on any atom is 0.345 e. The third-order valence-corrected chi connectivity index (χ3v) is 5.74. The van der Waals surface area contributed by atoms with Gasteiger partial charge in [-0.1, -0.05) is 13.8 Å². The van der Waals surface area contributed by atoms with Crippen LogP contribution in [0.4, 0.5) is 14.7 Å². The van der Waals surface area contributed by atoms with Crippen LogP contribution in [0.3, 0.4) is 0 Å². The van der Waals surface area contributed by atoms with Gasteiger partial charge in [-0.25, -0.2) is 9.97 Å². The first-order valence-corrected chi connectivity index (χ1v) is 9.60. The molecule has 2 aliphatic rings. The van der Waals surface area contributed by atoms with Crippen molar-refractivity contribution in [3.05, 3.63) is 17.5 Å². The van der Waals surface area contributed by atoms with Crippen molar-refractivity contribution in [2.24, 2.45) is 17.1 Å². The van der Waals surface area contributed by atoms with Gasteiger partial charge in [0, 0.05) is 12.2 Å². The van der Waals surface area contributed by atoms with Crippen LogP contribution in [0.5, 0.6) is 0 Å². The Hall–Kier alpha value is -1.83. The van der Waals surface area contributed by atoms with E-state index in [1.807, 2.05) is 0 Å². The van der Waals surface area contributed by atoms with Crippen molar-refractivity contribution in [3.8, 4) is 0 Å². The zero-order valence-corrected chi connectivity index (χ0v) is 15.9. The molecule has 1 amide bonds. The van der Waals surface area contributed by atoms with Crippen molar-refractivity contribution in [2.75, 3.05) is 5.32 Å². The van der Waals surface area contributed by atoms with Crippen molar-refractivity contribution >= 4 is 11.9 Å². The number of halogens is 2. The number of carbonyl (C=O) groups excluding carboxylic acids is 1. The summed E-state index contributed by atoms with van der Waals surface area (Å²) in [6.45, 7) is 1.66. The van der Waals surface area contributed by atoms with E-state index in [4.69, 9.17) is 5.73 Å². The molecule has 3 rings (SSSR count). The van der Waals surface area contributed by atoms with Gasteiger partial charge in [0.1, 0.15) is 0 Å². The summed E-state index contributed by atoms with van der Waals surface area (Å²) >= 11 is 0. The molecule has 2 fully saturated rings. The Kier molecular flexibility index (Phi) is 5.93. The molecule has 0 saturated heterocycles. The predicted molar refractivity (Wildman–Crippen MR) is 97.5 cm³/mol. The molecule has 0 atom stereocenters. The highest BCUT2D eigenvalue weighted by molar-refractivity contribution is 5.93. The summed E-state index contributed by atoms with van der Waals surface area (Å²) in [6.07, 6.45) is 6.74. The quantitative estimate of drug-likeness (QED) is 0.718. The van der Waals surface area contributed by atoms with Crippen molar-refractivity contribution in [2.45, 2.75) is 77.6 Å². The Bertz CT molecular complexity index is 672. The van der Waals surface area contributed by atoms with Crippen LogP contribution in [0, 0.1) is 11.3 Å². The van der Waals surface area contributed by atoms with Crippen LogP contribution < -0.4 is 11.1 Å². The number of amides is 1. The molecule has 8 heteroatoms. The SMILES string of the molecule is CC(C)(Cc1nc(NC2CCC(OC(F)F)CC2)ncc1C(N)=O)C1CC1. The number of carbonyl (C=O) groups is 1. The summed E-state index contributed by atoms with van der Waals surface area (Å²) in [5, 5.41) is 3.27. The lowest BCUT2D eigenvalue weighted by Crippen LogP contribution is -2.31. The van der Waals surface area contributed by atoms with Gasteiger partial charge in [0.2, 0.25) is 5.95 Å². The molecule has 3 N–H and O–H groups in total. The van der Waals surface area contributed by atoms with E-state index in [0.29, 0.717) is 55.2 Å². The molecule has 0 spiro atoms. The highest BCUT2D eigenvalue weighted by atomic mass is 19.3. The van der Waals surface area contributed by atoms with Crippen LogP contribution in [-0.2, 0) is 11.2 Å². The van der Waals surface area contributed by atoms with Gasteiger partial charge in [0.25, 0.3) is 5.91 Å². The molecule has 6 nitrogen and oxygen atoms in total. The minimum absolute atomic E-state index is 0.0560. The Labute approximate surface area is 158 Å². The molecule has 2 saturated carbocycles. The van der Waals surface area contributed by atoms with Crippen LogP contribution >= 0.6 is 0 Å². The zero-order chi connectivity index (χ0) is 19.6. The molecule has 27 heavy (non-hydrogen) atoms. The summed E-state index contributed by atoms with van der Waals surface area (Å²) in [7, 11) is 0. The number of hydrogen-bond donors (Lipinski definition) is 2. The van der Waals surface area contributed by atoms with Crippen LogP contribution in [0.1, 0.15) is 68.4 Å². The number of hydrogen-bond acceptors (Lipinski definition) is 5. The lowest BCUT2D eigenvalue weighted by atomic mass is 9.82. The largest absolute Gasteiger partial charge is 0.365 e. The number of rotatable bonds is 8. The minimum Gasteiger partial charge on any atom is -0.365 e. The van der Waals surface area contributed by atoms with Gasteiger partial charge < -0.3 is 15.8 Å². The van der Waals surface area contributed by atoms with Crippen molar-refractivity contribution < 1.29 is 18.3 Å². The van der Waals surface area contributed by atoms with Crippen LogP contribution in [0.15, 0.2) is 6.20 Å². The third-order valence-electron chi connectivity index (χ3n) is 5.74. The molecule has 2 aliphatic carbocycles. The van der Waals surface area contributed by atoms with E-state index in [9.17, 15) is 13.6 Å². The third kappa shape index (κ3) is 5.34. The molecule has 1 aromatic rings. The maximum atomic E-state index is 12.3. The van der Waals surface area contributed by atoms with Crippen molar-refractivity contribution in [1.82, 2.24) is 9.97 Å². The lowest BCUT2D eigenvalue weighted by molar-refractivity contribution is -0.169. The standard InChI is InChI=1S/C19H28F2N4O2/c1-19(2,11-3-4-11)9-15-14(16(22)26)10-23-18(25-15)24-12-5-7-13(8-6-12)27-17(20)21/h10-13,17H,3-9H2,1-2H3,(H2,22,26)(H,23,24,25). The first-order valence-electron chi connectivity index (χ1n) is 9.60. The predicted octanol–water partition coefficient (Wildman–Crippen LogP) is 3.52. The number of anilines is 1. The number of primary amides is 1. The van der Waals surface area contributed by atoms with Gasteiger partial charge >= 0.3 is 6.61 Å². The molecule has 1 aromatic heterocycles. The molecule has 0 unspecified atom stereocenters. The van der Waals surface area contributed by atoms with Gasteiger partial charge in [-0.15, -0.1) is 0 Å². The van der Waals surface area contributed by atoms with Gasteiger partial charge in [0.05, 0.1) is 17.4 Å². The molecule has 0 aromatic carbocycles. The second-order valence-corrected chi connectivity index (χ2v) is 8.37. The lowest BCUT2D eigenvalue weighted by Gasteiger charge is -2.29. The zero-order valence-electron chi connectivity index (χ0n) is 15.9.